The van der Waals surface area contributed by atoms with Gasteiger partial charge in [-0.2, -0.15) is 0 Å². The van der Waals surface area contributed by atoms with Crippen LogP contribution in [0.15, 0.2) is 17.7 Å². The van der Waals surface area contributed by atoms with Crippen LogP contribution in [0.1, 0.15) is 59.1 Å². The van der Waals surface area contributed by atoms with Crippen LogP contribution in [0.4, 0.5) is 5.69 Å². The molecule has 0 bridgehead atoms. The Morgan fingerprint density at radius 2 is 2.19 bits per heavy atom. The fraction of sp³-hybridized carbons (Fsp3) is 0.471. The third-order valence-electron chi connectivity index (χ3n) is 4.19. The van der Waals surface area contributed by atoms with Gasteiger partial charge >= 0.3 is 5.97 Å². The molecule has 2 aliphatic carbocycles. The number of ether oxygens (including phenoxy) is 1. The SMILES string of the molecule is CCOC(=O)c1sc2c(c1N)CCC1=C2/C=C\CCCC1. The molecule has 3 rings (SSSR count). The van der Waals surface area contributed by atoms with Crippen molar-refractivity contribution in [1.82, 2.24) is 0 Å². The number of esters is 1. The Labute approximate surface area is 129 Å². The van der Waals surface area contributed by atoms with Gasteiger partial charge in [0.25, 0.3) is 0 Å². The standard InChI is InChI=1S/C17H21NO2S/c1-2-20-17(19)16-14(18)13-10-9-11-7-5-3-4-6-8-12(11)15(13)21-16/h6,8H,2-5,7,9-10,18H2,1H3/b8-6-. The summed E-state index contributed by atoms with van der Waals surface area (Å²) < 4.78 is 5.12. The van der Waals surface area contributed by atoms with Crippen LogP contribution in [0.2, 0.25) is 0 Å². The molecular weight excluding hydrogens is 282 g/mol. The van der Waals surface area contributed by atoms with Crippen LogP contribution in [-0.4, -0.2) is 12.6 Å². The van der Waals surface area contributed by atoms with Gasteiger partial charge in [-0.3, -0.25) is 0 Å². The van der Waals surface area contributed by atoms with Gasteiger partial charge in [0.15, 0.2) is 0 Å². The smallest absolute Gasteiger partial charge is 0.350 e. The van der Waals surface area contributed by atoms with Crippen molar-refractivity contribution in [2.45, 2.75) is 45.4 Å². The zero-order chi connectivity index (χ0) is 14.8. The number of hydrogen-bond acceptors (Lipinski definition) is 4. The Morgan fingerprint density at radius 1 is 1.33 bits per heavy atom. The maximum Gasteiger partial charge on any atom is 0.350 e. The number of anilines is 1. The van der Waals surface area contributed by atoms with Crippen molar-refractivity contribution in [3.63, 3.8) is 0 Å². The summed E-state index contributed by atoms with van der Waals surface area (Å²) >= 11 is 1.50. The summed E-state index contributed by atoms with van der Waals surface area (Å²) in [6.45, 7) is 2.20. The lowest BCUT2D eigenvalue weighted by Crippen LogP contribution is -2.07. The number of thiophene rings is 1. The van der Waals surface area contributed by atoms with Crippen molar-refractivity contribution in [1.29, 1.82) is 0 Å². The zero-order valence-electron chi connectivity index (χ0n) is 12.4. The van der Waals surface area contributed by atoms with Crippen LogP contribution in [0.3, 0.4) is 0 Å². The van der Waals surface area contributed by atoms with Crippen LogP contribution in [-0.2, 0) is 11.2 Å². The maximum absolute atomic E-state index is 12.0. The summed E-state index contributed by atoms with van der Waals surface area (Å²) in [4.78, 5) is 13.8. The van der Waals surface area contributed by atoms with E-state index in [1.165, 1.54) is 46.6 Å². The highest BCUT2D eigenvalue weighted by Gasteiger charge is 2.27. The Kier molecular flexibility index (Phi) is 4.15. The summed E-state index contributed by atoms with van der Waals surface area (Å²) in [5.74, 6) is -0.286. The van der Waals surface area contributed by atoms with E-state index in [9.17, 15) is 4.79 Å². The molecule has 0 aliphatic heterocycles. The third kappa shape index (κ3) is 2.64. The Morgan fingerprint density at radius 3 is 3.00 bits per heavy atom. The number of nitrogens with two attached hydrogens (primary N) is 1. The topological polar surface area (TPSA) is 52.3 Å². The monoisotopic (exact) mass is 303 g/mol. The van der Waals surface area contributed by atoms with Crippen LogP contribution >= 0.6 is 11.3 Å². The molecule has 1 aromatic rings. The summed E-state index contributed by atoms with van der Waals surface area (Å²) in [5.41, 5.74) is 10.8. The molecule has 0 saturated heterocycles. The molecule has 112 valence electrons. The molecule has 0 amide bonds. The lowest BCUT2D eigenvalue weighted by atomic mass is 9.86. The van der Waals surface area contributed by atoms with E-state index in [1.54, 1.807) is 0 Å². The fourth-order valence-electron chi connectivity index (χ4n) is 3.12. The second-order valence-corrected chi connectivity index (χ2v) is 6.56. The van der Waals surface area contributed by atoms with Crippen molar-refractivity contribution in [2.75, 3.05) is 12.3 Å². The molecule has 0 saturated carbocycles. The number of nitrogen functional groups attached to an aromatic ring is 1. The van der Waals surface area contributed by atoms with Gasteiger partial charge < -0.3 is 10.5 Å². The van der Waals surface area contributed by atoms with Gasteiger partial charge in [-0.25, -0.2) is 4.79 Å². The molecule has 2 N–H and O–H groups in total. The van der Waals surface area contributed by atoms with E-state index in [0.717, 1.165) is 24.8 Å². The quantitative estimate of drug-likeness (QED) is 0.827. The van der Waals surface area contributed by atoms with Gasteiger partial charge in [0, 0.05) is 4.88 Å². The minimum atomic E-state index is -0.286. The van der Waals surface area contributed by atoms with E-state index < -0.39 is 0 Å². The Hall–Kier alpha value is -1.55. The minimum absolute atomic E-state index is 0.286. The molecular formula is C17H21NO2S. The van der Waals surface area contributed by atoms with E-state index in [-0.39, 0.29) is 5.97 Å². The van der Waals surface area contributed by atoms with Crippen molar-refractivity contribution in [3.8, 4) is 0 Å². The Bertz CT molecular complexity index is 625. The minimum Gasteiger partial charge on any atom is -0.462 e. The zero-order valence-corrected chi connectivity index (χ0v) is 13.2. The van der Waals surface area contributed by atoms with Crippen LogP contribution in [0.25, 0.3) is 5.57 Å². The van der Waals surface area contributed by atoms with Crippen LogP contribution in [0.5, 0.6) is 0 Å². The molecule has 4 heteroatoms. The number of fused-ring (bicyclic) bond motifs is 2. The van der Waals surface area contributed by atoms with Crippen molar-refractivity contribution >= 4 is 28.6 Å². The van der Waals surface area contributed by atoms with E-state index in [0.29, 0.717) is 17.2 Å². The summed E-state index contributed by atoms with van der Waals surface area (Å²) in [6, 6.07) is 0. The number of hydrogen-bond donors (Lipinski definition) is 1. The van der Waals surface area contributed by atoms with Crippen LogP contribution in [0, 0.1) is 0 Å². The highest BCUT2D eigenvalue weighted by Crippen LogP contribution is 2.44. The second kappa shape index (κ2) is 6.06. The average Bonchev–Trinajstić information content (AvgIpc) is 2.77. The third-order valence-corrected chi connectivity index (χ3v) is 5.46. The number of rotatable bonds is 2. The highest BCUT2D eigenvalue weighted by atomic mass is 32.1. The molecule has 0 unspecified atom stereocenters. The van der Waals surface area contributed by atoms with Gasteiger partial charge in [-0.15, -0.1) is 11.3 Å². The summed E-state index contributed by atoms with van der Waals surface area (Å²) in [7, 11) is 0. The van der Waals surface area contributed by atoms with E-state index in [1.807, 2.05) is 6.92 Å². The lowest BCUT2D eigenvalue weighted by molar-refractivity contribution is 0.0533. The van der Waals surface area contributed by atoms with E-state index in [4.69, 9.17) is 10.5 Å². The van der Waals surface area contributed by atoms with Gasteiger partial charge in [0.1, 0.15) is 4.88 Å². The van der Waals surface area contributed by atoms with Crippen molar-refractivity contribution in [2.24, 2.45) is 0 Å². The molecule has 0 radical (unpaired) electrons. The second-order valence-electron chi connectivity index (χ2n) is 5.54. The summed E-state index contributed by atoms with van der Waals surface area (Å²) in [6.07, 6.45) is 11.3. The van der Waals surface area contributed by atoms with E-state index >= 15 is 0 Å². The van der Waals surface area contributed by atoms with Gasteiger partial charge in [-0.05, 0) is 56.6 Å². The first-order valence-corrected chi connectivity index (χ1v) is 8.51. The number of carbonyl (C=O) groups excluding carboxylic acids is 1. The summed E-state index contributed by atoms with van der Waals surface area (Å²) in [5, 5.41) is 0. The molecule has 0 fully saturated rings. The lowest BCUT2D eigenvalue weighted by Gasteiger charge is -2.20. The fourth-order valence-corrected chi connectivity index (χ4v) is 4.36. The predicted octanol–water partition coefficient (Wildman–Crippen LogP) is 4.34. The first kappa shape index (κ1) is 14.4. The first-order chi connectivity index (χ1) is 10.2. The molecule has 21 heavy (non-hydrogen) atoms. The largest absolute Gasteiger partial charge is 0.462 e. The molecule has 0 atom stereocenters. The maximum atomic E-state index is 12.0. The van der Waals surface area contributed by atoms with Gasteiger partial charge in [-0.1, -0.05) is 17.7 Å². The van der Waals surface area contributed by atoms with Crippen molar-refractivity contribution < 1.29 is 9.53 Å². The number of carbonyl (C=O) groups is 1. The molecule has 1 heterocycles. The highest BCUT2D eigenvalue weighted by molar-refractivity contribution is 7.16. The molecule has 1 aromatic heterocycles. The van der Waals surface area contributed by atoms with Gasteiger partial charge in [0.05, 0.1) is 12.3 Å². The van der Waals surface area contributed by atoms with Gasteiger partial charge in [0.2, 0.25) is 0 Å². The molecule has 0 spiro atoms. The molecule has 2 aliphatic rings. The predicted molar refractivity (Wildman–Crippen MR) is 87.5 cm³/mol. The first-order valence-electron chi connectivity index (χ1n) is 7.69. The average molecular weight is 303 g/mol. The molecule has 0 aromatic carbocycles. The molecule has 3 nitrogen and oxygen atoms in total. The normalized spacial score (nSPS) is 19.3. The van der Waals surface area contributed by atoms with Crippen molar-refractivity contribution in [3.05, 3.63) is 33.0 Å². The Balaban J connectivity index is 2.05. The number of allylic oxidation sites excluding steroid dienone is 4. The van der Waals surface area contributed by atoms with Crippen LogP contribution < -0.4 is 5.73 Å². The van der Waals surface area contributed by atoms with E-state index in [2.05, 4.69) is 12.2 Å².